The maximum absolute atomic E-state index is 10.4. The number of hydrogen-bond donors (Lipinski definition) is 1. The van der Waals surface area contributed by atoms with E-state index in [1.165, 1.54) is 6.92 Å². The molecule has 0 aliphatic carbocycles. The molecule has 4 nitrogen and oxygen atoms in total. The Morgan fingerprint density at radius 2 is 2.12 bits per heavy atom. The van der Waals surface area contributed by atoms with E-state index in [1.807, 2.05) is 6.07 Å². The van der Waals surface area contributed by atoms with E-state index in [2.05, 4.69) is 0 Å². The second-order valence-electron chi connectivity index (χ2n) is 3.13. The summed E-state index contributed by atoms with van der Waals surface area (Å²) in [7, 11) is 0. The molecule has 0 saturated heterocycles. The van der Waals surface area contributed by atoms with E-state index in [-0.39, 0.29) is 13.2 Å². The summed E-state index contributed by atoms with van der Waals surface area (Å²) in [5.74, 6) is -0.423. The number of carboxylic acids is 1. The molecule has 0 fully saturated rings. The van der Waals surface area contributed by atoms with E-state index in [0.29, 0.717) is 10.8 Å². The number of benzene rings is 1. The van der Waals surface area contributed by atoms with Gasteiger partial charge in [0.05, 0.1) is 11.6 Å². The van der Waals surface area contributed by atoms with Gasteiger partial charge in [-0.1, -0.05) is 23.7 Å². The predicted molar refractivity (Wildman–Crippen MR) is 60.0 cm³/mol. The fraction of sp³-hybridized carbons (Fsp3) is 0.364. The Hall–Kier alpha value is -1.26. The fourth-order valence-electron chi connectivity index (χ4n) is 1.01. The van der Waals surface area contributed by atoms with Gasteiger partial charge in [0.1, 0.15) is 12.4 Å². The van der Waals surface area contributed by atoms with E-state index < -0.39 is 12.1 Å². The van der Waals surface area contributed by atoms with Crippen LogP contribution in [0.15, 0.2) is 24.3 Å². The molecule has 88 valence electrons. The van der Waals surface area contributed by atoms with E-state index in [1.54, 1.807) is 18.2 Å². The van der Waals surface area contributed by atoms with Crippen molar-refractivity contribution >= 4 is 17.6 Å². The van der Waals surface area contributed by atoms with Crippen LogP contribution in [0.2, 0.25) is 5.02 Å². The van der Waals surface area contributed by atoms with Crippen LogP contribution in [0.25, 0.3) is 0 Å². The zero-order chi connectivity index (χ0) is 12.0. The van der Waals surface area contributed by atoms with E-state index in [0.717, 1.165) is 0 Å². The van der Waals surface area contributed by atoms with Gasteiger partial charge in [-0.15, -0.1) is 0 Å². The molecule has 0 unspecified atom stereocenters. The largest absolute Gasteiger partial charge is 0.490 e. The Bertz CT molecular complexity index is 354. The molecule has 1 aromatic carbocycles. The Morgan fingerprint density at radius 1 is 1.44 bits per heavy atom. The van der Waals surface area contributed by atoms with Crippen LogP contribution in [0.3, 0.4) is 0 Å². The Kier molecular flexibility index (Phi) is 5.08. The van der Waals surface area contributed by atoms with Gasteiger partial charge in [0.15, 0.2) is 6.10 Å². The molecule has 0 radical (unpaired) electrons. The first kappa shape index (κ1) is 12.8. The molecule has 0 spiro atoms. The second kappa shape index (κ2) is 6.35. The number of ether oxygens (including phenoxy) is 2. The first-order valence-corrected chi connectivity index (χ1v) is 5.21. The van der Waals surface area contributed by atoms with Crippen molar-refractivity contribution in [3.8, 4) is 5.75 Å². The maximum atomic E-state index is 10.4. The van der Waals surface area contributed by atoms with Crippen molar-refractivity contribution in [2.24, 2.45) is 0 Å². The zero-order valence-corrected chi connectivity index (χ0v) is 9.61. The summed E-state index contributed by atoms with van der Waals surface area (Å²) in [6, 6.07) is 7.07. The highest BCUT2D eigenvalue weighted by atomic mass is 35.5. The van der Waals surface area contributed by atoms with Crippen molar-refractivity contribution in [3.05, 3.63) is 29.3 Å². The lowest BCUT2D eigenvalue weighted by Gasteiger charge is -2.10. The summed E-state index contributed by atoms with van der Waals surface area (Å²) in [6.07, 6.45) is -0.824. The van der Waals surface area contributed by atoms with Crippen LogP contribution in [0.4, 0.5) is 0 Å². The van der Waals surface area contributed by atoms with Crippen LogP contribution < -0.4 is 4.74 Å². The van der Waals surface area contributed by atoms with E-state index in [4.69, 9.17) is 26.2 Å². The van der Waals surface area contributed by atoms with Gasteiger partial charge in [0.2, 0.25) is 0 Å². The normalized spacial score (nSPS) is 12.1. The molecule has 1 N–H and O–H groups in total. The van der Waals surface area contributed by atoms with Crippen molar-refractivity contribution in [1.82, 2.24) is 0 Å². The maximum Gasteiger partial charge on any atom is 0.332 e. The van der Waals surface area contributed by atoms with Gasteiger partial charge in [-0.2, -0.15) is 0 Å². The monoisotopic (exact) mass is 244 g/mol. The first-order chi connectivity index (χ1) is 7.61. The van der Waals surface area contributed by atoms with Crippen molar-refractivity contribution in [2.45, 2.75) is 13.0 Å². The average molecular weight is 245 g/mol. The molecule has 0 saturated carbocycles. The van der Waals surface area contributed by atoms with Gasteiger partial charge in [-0.3, -0.25) is 0 Å². The fourth-order valence-corrected chi connectivity index (χ4v) is 1.20. The van der Waals surface area contributed by atoms with Crippen molar-refractivity contribution < 1.29 is 19.4 Å². The third-order valence-corrected chi connectivity index (χ3v) is 2.21. The van der Waals surface area contributed by atoms with Gasteiger partial charge in [0.25, 0.3) is 0 Å². The van der Waals surface area contributed by atoms with Crippen molar-refractivity contribution in [2.75, 3.05) is 13.2 Å². The summed E-state index contributed by atoms with van der Waals surface area (Å²) >= 11 is 5.86. The number of hydrogen-bond acceptors (Lipinski definition) is 3. The van der Waals surface area contributed by atoms with Gasteiger partial charge in [-0.05, 0) is 19.1 Å². The minimum Gasteiger partial charge on any atom is -0.490 e. The molecule has 16 heavy (non-hydrogen) atoms. The predicted octanol–water partition coefficient (Wildman–Crippen LogP) is 2.21. The molecule has 0 aliphatic heterocycles. The lowest BCUT2D eigenvalue weighted by atomic mass is 10.3. The minimum atomic E-state index is -0.988. The Labute approximate surface area is 98.7 Å². The molecular weight excluding hydrogens is 232 g/mol. The SMILES string of the molecule is C[C@@H](OCCOc1ccccc1Cl)C(=O)O. The van der Waals surface area contributed by atoms with Crippen LogP contribution in [0, 0.1) is 0 Å². The molecule has 1 aromatic rings. The highest BCUT2D eigenvalue weighted by Crippen LogP contribution is 2.22. The van der Waals surface area contributed by atoms with Crippen LogP contribution in [-0.2, 0) is 9.53 Å². The summed E-state index contributed by atoms with van der Waals surface area (Å²) in [5, 5.41) is 9.08. The smallest absolute Gasteiger partial charge is 0.332 e. The quantitative estimate of drug-likeness (QED) is 0.780. The third kappa shape index (κ3) is 4.08. The standard InChI is InChI=1S/C11H13ClO4/c1-8(11(13)14)15-6-7-16-10-5-3-2-4-9(10)12/h2-5,8H,6-7H2,1H3,(H,13,14)/t8-/m1/s1. The number of carbonyl (C=O) groups is 1. The van der Waals surface area contributed by atoms with Crippen LogP contribution >= 0.6 is 11.6 Å². The molecular formula is C11H13ClO4. The van der Waals surface area contributed by atoms with E-state index in [9.17, 15) is 4.79 Å². The molecule has 0 aliphatic rings. The van der Waals surface area contributed by atoms with Gasteiger partial charge >= 0.3 is 5.97 Å². The number of aliphatic carboxylic acids is 1. The lowest BCUT2D eigenvalue weighted by molar-refractivity contribution is -0.149. The van der Waals surface area contributed by atoms with Gasteiger partial charge < -0.3 is 14.6 Å². The van der Waals surface area contributed by atoms with Crippen molar-refractivity contribution in [1.29, 1.82) is 0 Å². The Morgan fingerprint density at radius 3 is 2.75 bits per heavy atom. The highest BCUT2D eigenvalue weighted by Gasteiger charge is 2.10. The molecule has 5 heteroatoms. The third-order valence-electron chi connectivity index (χ3n) is 1.89. The number of carboxylic acid groups (broad SMARTS) is 1. The zero-order valence-electron chi connectivity index (χ0n) is 8.85. The topological polar surface area (TPSA) is 55.8 Å². The lowest BCUT2D eigenvalue weighted by Crippen LogP contribution is -2.22. The molecule has 0 heterocycles. The molecule has 1 rings (SSSR count). The second-order valence-corrected chi connectivity index (χ2v) is 3.54. The van der Waals surface area contributed by atoms with Crippen LogP contribution in [0.1, 0.15) is 6.92 Å². The molecule has 0 aromatic heterocycles. The van der Waals surface area contributed by atoms with Gasteiger partial charge in [-0.25, -0.2) is 4.79 Å². The first-order valence-electron chi connectivity index (χ1n) is 4.83. The number of para-hydroxylation sites is 1. The Balaban J connectivity index is 2.26. The average Bonchev–Trinajstić information content (AvgIpc) is 2.26. The minimum absolute atomic E-state index is 0.207. The number of rotatable bonds is 6. The molecule has 1 atom stereocenters. The van der Waals surface area contributed by atoms with E-state index >= 15 is 0 Å². The highest BCUT2D eigenvalue weighted by molar-refractivity contribution is 6.32. The molecule has 0 bridgehead atoms. The summed E-state index contributed by atoms with van der Waals surface area (Å²) in [6.45, 7) is 1.94. The summed E-state index contributed by atoms with van der Waals surface area (Å²) in [5.41, 5.74) is 0. The summed E-state index contributed by atoms with van der Waals surface area (Å²) in [4.78, 5) is 10.4. The van der Waals surface area contributed by atoms with Gasteiger partial charge in [0, 0.05) is 0 Å². The number of halogens is 1. The summed E-state index contributed by atoms with van der Waals surface area (Å²) < 4.78 is 10.3. The van der Waals surface area contributed by atoms with Crippen LogP contribution in [0.5, 0.6) is 5.75 Å². The van der Waals surface area contributed by atoms with Crippen LogP contribution in [-0.4, -0.2) is 30.4 Å². The molecule has 0 amide bonds. The van der Waals surface area contributed by atoms with Crippen molar-refractivity contribution in [3.63, 3.8) is 0 Å².